The fraction of sp³-hybridized carbons (Fsp3) is 0.500. The third-order valence-corrected chi connectivity index (χ3v) is 3.83. The van der Waals surface area contributed by atoms with Crippen molar-refractivity contribution in [2.45, 2.75) is 25.3 Å². The van der Waals surface area contributed by atoms with Crippen LogP contribution in [0.2, 0.25) is 0 Å². The molecular formula is C16H24N4O3S. The molecule has 24 heavy (non-hydrogen) atoms. The number of rotatable bonds is 11. The smallest absolute Gasteiger partial charge is 0.274 e. The van der Waals surface area contributed by atoms with E-state index in [-0.39, 0.29) is 6.04 Å². The van der Waals surface area contributed by atoms with E-state index in [1.807, 2.05) is 31.1 Å². The molecule has 0 radical (unpaired) electrons. The number of hydrogen-bond acceptors (Lipinski definition) is 7. The van der Waals surface area contributed by atoms with Crippen molar-refractivity contribution in [2.75, 3.05) is 26.4 Å². The minimum atomic E-state index is -0.513. The second-order valence-electron chi connectivity index (χ2n) is 5.45. The standard InChI is InChI=1S/C16H24N4O3S/c1-5-13(2)18-16(11-20(21)22)17-8-9-24-12-15-7-6-14(23-15)10-19(3)4/h1,6-7,11,13,17-18H,8-10,12H2,2-4H3/b16-11+. The lowest BCUT2D eigenvalue weighted by atomic mass is 10.3. The molecule has 0 spiro atoms. The predicted octanol–water partition coefficient (Wildman–Crippen LogP) is 1.85. The number of furan rings is 1. The summed E-state index contributed by atoms with van der Waals surface area (Å²) in [6.07, 6.45) is 6.16. The van der Waals surface area contributed by atoms with Crippen LogP contribution in [0.5, 0.6) is 0 Å². The van der Waals surface area contributed by atoms with E-state index < -0.39 is 4.92 Å². The highest BCUT2D eigenvalue weighted by Crippen LogP contribution is 2.15. The fourth-order valence-corrected chi connectivity index (χ4v) is 2.59. The largest absolute Gasteiger partial charge is 0.464 e. The van der Waals surface area contributed by atoms with Gasteiger partial charge in [-0.25, -0.2) is 0 Å². The molecule has 1 rings (SSSR count). The highest BCUT2D eigenvalue weighted by molar-refractivity contribution is 7.98. The van der Waals surface area contributed by atoms with Gasteiger partial charge in [0.25, 0.3) is 6.20 Å². The van der Waals surface area contributed by atoms with Crippen molar-refractivity contribution < 1.29 is 9.34 Å². The Hall–Kier alpha value is -2.11. The molecular weight excluding hydrogens is 328 g/mol. The van der Waals surface area contributed by atoms with Crippen LogP contribution in [0, 0.1) is 22.5 Å². The third-order valence-electron chi connectivity index (χ3n) is 2.85. The first-order chi connectivity index (χ1) is 11.4. The normalized spacial score (nSPS) is 12.7. The fourth-order valence-electron chi connectivity index (χ4n) is 1.84. The van der Waals surface area contributed by atoms with Gasteiger partial charge in [0.2, 0.25) is 0 Å². The summed E-state index contributed by atoms with van der Waals surface area (Å²) in [5.41, 5.74) is 0. The molecule has 7 nitrogen and oxygen atoms in total. The van der Waals surface area contributed by atoms with Crippen molar-refractivity contribution in [3.63, 3.8) is 0 Å². The number of thioether (sulfide) groups is 1. The van der Waals surface area contributed by atoms with E-state index in [9.17, 15) is 10.1 Å². The van der Waals surface area contributed by atoms with Gasteiger partial charge >= 0.3 is 0 Å². The van der Waals surface area contributed by atoms with Gasteiger partial charge in [0.1, 0.15) is 11.5 Å². The van der Waals surface area contributed by atoms with Gasteiger partial charge < -0.3 is 20.0 Å². The molecule has 0 saturated heterocycles. The summed E-state index contributed by atoms with van der Waals surface area (Å²) < 4.78 is 5.72. The molecule has 0 aliphatic rings. The van der Waals surface area contributed by atoms with Crippen LogP contribution in [0.15, 0.2) is 28.6 Å². The molecule has 1 unspecified atom stereocenters. The monoisotopic (exact) mass is 352 g/mol. The van der Waals surface area contributed by atoms with Gasteiger partial charge in [0.15, 0.2) is 5.82 Å². The molecule has 1 atom stereocenters. The molecule has 0 amide bonds. The summed E-state index contributed by atoms with van der Waals surface area (Å²) in [6.45, 7) is 3.12. The molecule has 0 saturated carbocycles. The maximum absolute atomic E-state index is 10.6. The lowest BCUT2D eigenvalue weighted by Gasteiger charge is -2.13. The van der Waals surface area contributed by atoms with Crippen molar-refractivity contribution in [1.29, 1.82) is 0 Å². The Labute approximate surface area is 147 Å². The van der Waals surface area contributed by atoms with Gasteiger partial charge in [0, 0.05) is 12.3 Å². The van der Waals surface area contributed by atoms with Crippen molar-refractivity contribution in [2.24, 2.45) is 0 Å². The van der Waals surface area contributed by atoms with Crippen LogP contribution in [0.25, 0.3) is 0 Å². The quantitative estimate of drug-likeness (QED) is 0.272. The maximum atomic E-state index is 10.6. The summed E-state index contributed by atoms with van der Waals surface area (Å²) in [7, 11) is 3.99. The zero-order valence-electron chi connectivity index (χ0n) is 14.2. The second kappa shape index (κ2) is 10.6. The second-order valence-corrected chi connectivity index (χ2v) is 6.55. The van der Waals surface area contributed by atoms with Gasteiger partial charge in [-0.05, 0) is 33.2 Å². The molecule has 8 heteroatoms. The van der Waals surface area contributed by atoms with E-state index in [0.29, 0.717) is 12.4 Å². The molecule has 1 heterocycles. The number of nitrogens with zero attached hydrogens (tertiary/aromatic N) is 2. The van der Waals surface area contributed by atoms with Crippen molar-refractivity contribution in [1.82, 2.24) is 15.5 Å². The molecule has 0 aromatic carbocycles. The number of nitro groups is 1. The Morgan fingerprint density at radius 3 is 2.88 bits per heavy atom. The Morgan fingerprint density at radius 1 is 1.54 bits per heavy atom. The Morgan fingerprint density at radius 2 is 2.25 bits per heavy atom. The molecule has 0 fully saturated rings. The minimum Gasteiger partial charge on any atom is -0.464 e. The van der Waals surface area contributed by atoms with Gasteiger partial charge in [0.05, 0.1) is 23.3 Å². The van der Waals surface area contributed by atoms with Gasteiger partial charge in [-0.1, -0.05) is 5.92 Å². The molecule has 0 aliphatic carbocycles. The average Bonchev–Trinajstić information content (AvgIpc) is 2.92. The van der Waals surface area contributed by atoms with Crippen LogP contribution in [0.1, 0.15) is 18.4 Å². The third kappa shape index (κ3) is 8.50. The minimum absolute atomic E-state index is 0.283. The summed E-state index contributed by atoms with van der Waals surface area (Å²) in [5.74, 6) is 6.20. The molecule has 1 aromatic heterocycles. The topological polar surface area (TPSA) is 83.6 Å². The molecule has 132 valence electrons. The molecule has 2 N–H and O–H groups in total. The van der Waals surface area contributed by atoms with Crippen LogP contribution < -0.4 is 10.6 Å². The van der Waals surface area contributed by atoms with E-state index in [2.05, 4.69) is 16.6 Å². The average molecular weight is 352 g/mol. The zero-order chi connectivity index (χ0) is 17.9. The van der Waals surface area contributed by atoms with E-state index >= 15 is 0 Å². The molecule has 1 aromatic rings. The van der Waals surface area contributed by atoms with Crippen LogP contribution in [0.3, 0.4) is 0 Å². The van der Waals surface area contributed by atoms with E-state index in [1.54, 1.807) is 18.7 Å². The van der Waals surface area contributed by atoms with E-state index in [1.165, 1.54) is 0 Å². The SMILES string of the molecule is C#CC(C)N/C(=C/[N+](=O)[O-])NCCSCc1ccc(CN(C)C)o1. The Bertz CT molecular complexity index is 592. The Balaban J connectivity index is 2.32. The van der Waals surface area contributed by atoms with Crippen molar-refractivity contribution >= 4 is 11.8 Å². The first-order valence-electron chi connectivity index (χ1n) is 7.52. The highest BCUT2D eigenvalue weighted by atomic mass is 32.2. The van der Waals surface area contributed by atoms with Crippen molar-refractivity contribution in [3.05, 3.63) is 45.8 Å². The van der Waals surface area contributed by atoms with E-state index in [0.717, 1.165) is 35.8 Å². The lowest BCUT2D eigenvalue weighted by molar-refractivity contribution is -0.404. The summed E-state index contributed by atoms with van der Waals surface area (Å²) >= 11 is 1.69. The van der Waals surface area contributed by atoms with Crippen LogP contribution in [-0.2, 0) is 12.3 Å². The summed E-state index contributed by atoms with van der Waals surface area (Å²) in [6, 6.07) is 3.68. The van der Waals surface area contributed by atoms with Crippen molar-refractivity contribution in [3.8, 4) is 12.3 Å². The van der Waals surface area contributed by atoms with Gasteiger partial charge in [-0.15, -0.1) is 6.42 Å². The van der Waals surface area contributed by atoms with Gasteiger partial charge in [-0.3, -0.25) is 10.1 Å². The van der Waals surface area contributed by atoms with Crippen LogP contribution >= 0.6 is 11.8 Å². The van der Waals surface area contributed by atoms with Gasteiger partial charge in [-0.2, -0.15) is 11.8 Å². The lowest BCUT2D eigenvalue weighted by Crippen LogP contribution is -2.34. The van der Waals surface area contributed by atoms with Crippen LogP contribution in [-0.4, -0.2) is 42.3 Å². The van der Waals surface area contributed by atoms with Crippen LogP contribution in [0.4, 0.5) is 0 Å². The van der Waals surface area contributed by atoms with E-state index in [4.69, 9.17) is 10.8 Å². The molecule has 0 aliphatic heterocycles. The molecule has 0 bridgehead atoms. The number of nitrogens with one attached hydrogen (secondary N) is 2. The first kappa shape index (κ1) is 19.9. The predicted molar refractivity (Wildman–Crippen MR) is 96.8 cm³/mol. The summed E-state index contributed by atoms with van der Waals surface area (Å²) in [5, 5.41) is 16.5. The first-order valence-corrected chi connectivity index (χ1v) is 8.68. The highest BCUT2D eigenvalue weighted by Gasteiger charge is 2.06. The number of terminal acetylenes is 1. The maximum Gasteiger partial charge on any atom is 0.274 e. The zero-order valence-corrected chi connectivity index (χ0v) is 15.1. The Kier molecular flexibility index (Phi) is 8.83. The number of hydrogen-bond donors (Lipinski definition) is 2. The summed E-state index contributed by atoms with van der Waals surface area (Å²) in [4.78, 5) is 12.1.